The number of Topliss-reactive ketones (excluding diaryl/α,β-unsaturated/α-hetero) is 1. The third kappa shape index (κ3) is 2.90. The summed E-state index contributed by atoms with van der Waals surface area (Å²) in [5, 5.41) is 0.989. The molecule has 0 N–H and O–H groups in total. The largest absolute Gasteiger partial charge is 0.294 e. The van der Waals surface area contributed by atoms with Gasteiger partial charge in [0.25, 0.3) is 0 Å². The summed E-state index contributed by atoms with van der Waals surface area (Å²) < 4.78 is 0. The van der Waals surface area contributed by atoms with Crippen LogP contribution in [0.2, 0.25) is 0 Å². The molecular weight excluding hydrogens is 246 g/mol. The second-order valence-corrected chi connectivity index (χ2v) is 5.84. The predicted molar refractivity (Wildman–Crippen MR) is 81.9 cm³/mol. The van der Waals surface area contributed by atoms with Gasteiger partial charge in [0.05, 0.1) is 5.52 Å². The molecule has 1 fully saturated rings. The summed E-state index contributed by atoms with van der Waals surface area (Å²) in [4.78, 5) is 16.8. The van der Waals surface area contributed by atoms with E-state index in [9.17, 15) is 4.79 Å². The molecule has 2 nitrogen and oxygen atoms in total. The van der Waals surface area contributed by atoms with Gasteiger partial charge in [-0.2, -0.15) is 0 Å². The van der Waals surface area contributed by atoms with Crippen LogP contribution in [0.4, 0.5) is 0 Å². The molecular formula is C18H21NO. The van der Waals surface area contributed by atoms with Crippen molar-refractivity contribution in [1.29, 1.82) is 0 Å². The Kier molecular flexibility index (Phi) is 4.10. The highest BCUT2D eigenvalue weighted by molar-refractivity contribution is 6.07. The van der Waals surface area contributed by atoms with Crippen LogP contribution in [-0.2, 0) is 0 Å². The Balaban J connectivity index is 1.72. The van der Waals surface area contributed by atoms with Crippen LogP contribution in [0.25, 0.3) is 10.9 Å². The molecule has 0 radical (unpaired) electrons. The molecule has 0 aliphatic heterocycles. The van der Waals surface area contributed by atoms with E-state index in [2.05, 4.69) is 4.98 Å². The van der Waals surface area contributed by atoms with E-state index in [1.807, 2.05) is 30.3 Å². The summed E-state index contributed by atoms with van der Waals surface area (Å²) in [6.45, 7) is 0. The Hall–Kier alpha value is -1.70. The minimum Gasteiger partial charge on any atom is -0.294 e. The molecule has 2 heteroatoms. The van der Waals surface area contributed by atoms with E-state index in [-0.39, 0.29) is 5.78 Å². The molecule has 1 aromatic carbocycles. The molecule has 1 heterocycles. The Bertz CT molecular complexity index is 594. The van der Waals surface area contributed by atoms with Gasteiger partial charge in [0.15, 0.2) is 5.78 Å². The first kappa shape index (κ1) is 13.3. The van der Waals surface area contributed by atoms with Crippen LogP contribution in [0.15, 0.2) is 36.5 Å². The van der Waals surface area contributed by atoms with Crippen molar-refractivity contribution < 1.29 is 4.79 Å². The van der Waals surface area contributed by atoms with Crippen molar-refractivity contribution in [3.63, 3.8) is 0 Å². The molecule has 104 valence electrons. The minimum atomic E-state index is 0.272. The maximum absolute atomic E-state index is 12.5. The van der Waals surface area contributed by atoms with Crippen LogP contribution in [0, 0.1) is 5.92 Å². The van der Waals surface area contributed by atoms with Crippen LogP contribution in [0.3, 0.4) is 0 Å². The first-order valence-electron chi connectivity index (χ1n) is 7.71. The fourth-order valence-corrected chi connectivity index (χ4v) is 3.29. The molecule has 0 bridgehead atoms. The second-order valence-electron chi connectivity index (χ2n) is 5.84. The van der Waals surface area contributed by atoms with Crippen LogP contribution in [0.5, 0.6) is 0 Å². The fourth-order valence-electron chi connectivity index (χ4n) is 3.29. The topological polar surface area (TPSA) is 30.0 Å². The lowest BCUT2D eigenvalue weighted by Crippen LogP contribution is -2.09. The molecule has 3 rings (SSSR count). The fraction of sp³-hybridized carbons (Fsp3) is 0.444. The highest BCUT2D eigenvalue weighted by Gasteiger charge is 2.16. The molecule has 0 unspecified atom stereocenters. The summed E-state index contributed by atoms with van der Waals surface area (Å²) in [6, 6.07) is 9.74. The van der Waals surface area contributed by atoms with E-state index in [1.54, 1.807) is 6.20 Å². The normalized spacial score (nSPS) is 16.4. The number of ketones is 1. The van der Waals surface area contributed by atoms with Crippen molar-refractivity contribution in [3.8, 4) is 0 Å². The number of hydrogen-bond donors (Lipinski definition) is 0. The summed E-state index contributed by atoms with van der Waals surface area (Å²) in [5.74, 6) is 1.04. The van der Waals surface area contributed by atoms with Gasteiger partial charge in [0.1, 0.15) is 0 Å². The Morgan fingerprint density at radius 2 is 1.95 bits per heavy atom. The van der Waals surface area contributed by atoms with E-state index >= 15 is 0 Å². The van der Waals surface area contributed by atoms with Gasteiger partial charge in [-0.25, -0.2) is 0 Å². The van der Waals surface area contributed by atoms with E-state index < -0.39 is 0 Å². The Morgan fingerprint density at radius 1 is 1.10 bits per heavy atom. The maximum Gasteiger partial charge on any atom is 0.163 e. The number of rotatable bonds is 4. The number of carbonyl (C=O) groups is 1. The monoisotopic (exact) mass is 267 g/mol. The van der Waals surface area contributed by atoms with Crippen LogP contribution in [-0.4, -0.2) is 10.8 Å². The SMILES string of the molecule is O=C(CCC1CCCCC1)c1cccc2ncccc12. The summed E-state index contributed by atoms with van der Waals surface area (Å²) in [7, 11) is 0. The predicted octanol–water partition coefficient (Wildman–Crippen LogP) is 4.78. The number of benzene rings is 1. The first-order chi connectivity index (χ1) is 9.84. The highest BCUT2D eigenvalue weighted by atomic mass is 16.1. The molecule has 2 aromatic rings. The zero-order valence-electron chi connectivity index (χ0n) is 11.8. The number of aromatic nitrogens is 1. The molecule has 20 heavy (non-hydrogen) atoms. The molecule has 1 saturated carbocycles. The lowest BCUT2D eigenvalue weighted by atomic mass is 9.85. The van der Waals surface area contributed by atoms with Gasteiger partial charge in [-0.15, -0.1) is 0 Å². The van der Waals surface area contributed by atoms with Crippen LogP contribution < -0.4 is 0 Å². The average Bonchev–Trinajstić information content (AvgIpc) is 2.53. The molecule has 1 aromatic heterocycles. The van der Waals surface area contributed by atoms with Crippen molar-refractivity contribution in [1.82, 2.24) is 4.98 Å². The molecule has 0 atom stereocenters. The van der Waals surface area contributed by atoms with Gasteiger partial charge in [0, 0.05) is 23.6 Å². The third-order valence-electron chi connectivity index (χ3n) is 4.45. The quantitative estimate of drug-likeness (QED) is 0.746. The highest BCUT2D eigenvalue weighted by Crippen LogP contribution is 2.28. The summed E-state index contributed by atoms with van der Waals surface area (Å²) >= 11 is 0. The molecule has 0 saturated heterocycles. The number of nitrogens with zero attached hydrogens (tertiary/aromatic N) is 1. The van der Waals surface area contributed by atoms with Gasteiger partial charge in [-0.1, -0.05) is 50.3 Å². The van der Waals surface area contributed by atoms with E-state index in [0.29, 0.717) is 6.42 Å². The van der Waals surface area contributed by atoms with Crippen molar-refractivity contribution in [3.05, 3.63) is 42.1 Å². The first-order valence-corrected chi connectivity index (χ1v) is 7.71. The standard InChI is InChI=1S/C18H21NO/c20-18(12-11-14-6-2-1-3-7-14)16-8-4-10-17-15(16)9-5-13-19-17/h4-5,8-10,13-14H,1-3,6-7,11-12H2. The molecule has 0 amide bonds. The Morgan fingerprint density at radius 3 is 2.80 bits per heavy atom. The van der Waals surface area contributed by atoms with Crippen LogP contribution >= 0.6 is 0 Å². The maximum atomic E-state index is 12.5. The van der Waals surface area contributed by atoms with Gasteiger partial charge >= 0.3 is 0 Å². The minimum absolute atomic E-state index is 0.272. The number of fused-ring (bicyclic) bond motifs is 1. The van der Waals surface area contributed by atoms with Gasteiger partial charge in [-0.05, 0) is 24.5 Å². The Labute approximate surface area is 120 Å². The zero-order chi connectivity index (χ0) is 13.8. The van der Waals surface area contributed by atoms with Crippen molar-refractivity contribution in [2.75, 3.05) is 0 Å². The van der Waals surface area contributed by atoms with Crippen LogP contribution in [0.1, 0.15) is 55.3 Å². The second kappa shape index (κ2) is 6.17. The number of hydrogen-bond acceptors (Lipinski definition) is 2. The summed E-state index contributed by atoms with van der Waals surface area (Å²) in [6.07, 6.45) is 10.2. The van der Waals surface area contributed by atoms with Crippen molar-refractivity contribution in [2.45, 2.75) is 44.9 Å². The molecule has 1 aliphatic rings. The third-order valence-corrected chi connectivity index (χ3v) is 4.45. The van der Waals surface area contributed by atoms with E-state index in [4.69, 9.17) is 0 Å². The average molecular weight is 267 g/mol. The van der Waals surface area contributed by atoms with E-state index in [1.165, 1.54) is 32.1 Å². The lowest BCUT2D eigenvalue weighted by molar-refractivity contribution is 0.0972. The zero-order valence-corrected chi connectivity index (χ0v) is 11.8. The van der Waals surface area contributed by atoms with Crippen molar-refractivity contribution >= 4 is 16.7 Å². The van der Waals surface area contributed by atoms with Crippen molar-refractivity contribution in [2.24, 2.45) is 5.92 Å². The number of pyridine rings is 1. The van der Waals surface area contributed by atoms with Gasteiger partial charge in [-0.3, -0.25) is 9.78 Å². The lowest BCUT2D eigenvalue weighted by Gasteiger charge is -2.21. The smallest absolute Gasteiger partial charge is 0.163 e. The summed E-state index contributed by atoms with van der Waals surface area (Å²) in [5.41, 5.74) is 1.75. The van der Waals surface area contributed by atoms with E-state index in [0.717, 1.165) is 28.8 Å². The number of carbonyl (C=O) groups excluding carboxylic acids is 1. The molecule has 0 spiro atoms. The van der Waals surface area contributed by atoms with Gasteiger partial charge < -0.3 is 0 Å². The van der Waals surface area contributed by atoms with Gasteiger partial charge in [0.2, 0.25) is 0 Å². The molecule has 1 aliphatic carbocycles.